The van der Waals surface area contributed by atoms with Gasteiger partial charge in [0.05, 0.1) is 11.7 Å². The molecule has 1 aromatic heterocycles. The average molecular weight is 536 g/mol. The number of rotatable bonds is 3. The number of benzene rings is 2. The van der Waals surface area contributed by atoms with Gasteiger partial charge in [-0.3, -0.25) is 4.79 Å². The molecule has 2 heterocycles. The Morgan fingerprint density at radius 1 is 1.19 bits per heavy atom. The molecule has 0 fully saturated rings. The molecular weight excluding hydrogens is 523 g/mol. The molecule has 0 saturated carbocycles. The van der Waals surface area contributed by atoms with Crippen molar-refractivity contribution in [3.05, 3.63) is 74.9 Å². The molecule has 0 bridgehead atoms. The Labute approximate surface area is 191 Å². The largest absolute Gasteiger partial charge is 0.410 e. The summed E-state index contributed by atoms with van der Waals surface area (Å²) in [6.07, 6.45) is -4.99. The number of nitrogens with one attached hydrogen (secondary N) is 2. The first kappa shape index (κ1) is 22.5. The lowest BCUT2D eigenvalue weighted by molar-refractivity contribution is -0.173. The molecule has 168 valence electrons. The van der Waals surface area contributed by atoms with E-state index in [4.69, 9.17) is 11.6 Å². The van der Waals surface area contributed by atoms with Gasteiger partial charge in [-0.25, -0.2) is 13.5 Å². The van der Waals surface area contributed by atoms with Gasteiger partial charge in [0, 0.05) is 28.0 Å². The third-order valence-corrected chi connectivity index (χ3v) is 5.82. The molecule has 32 heavy (non-hydrogen) atoms. The average Bonchev–Trinajstić information content (AvgIpc) is 3.13. The molecule has 2 unspecified atom stereocenters. The zero-order chi connectivity index (χ0) is 23.2. The molecule has 3 aromatic rings. The van der Waals surface area contributed by atoms with Crippen LogP contribution in [0.3, 0.4) is 0 Å². The van der Waals surface area contributed by atoms with E-state index in [2.05, 4.69) is 31.7 Å². The highest BCUT2D eigenvalue weighted by atomic mass is 79.9. The number of anilines is 2. The first-order valence-electron chi connectivity index (χ1n) is 9.17. The van der Waals surface area contributed by atoms with Crippen molar-refractivity contribution >= 4 is 44.9 Å². The van der Waals surface area contributed by atoms with Gasteiger partial charge >= 0.3 is 6.18 Å². The van der Waals surface area contributed by atoms with E-state index in [1.54, 1.807) is 24.3 Å². The Hall–Kier alpha value is -2.66. The fourth-order valence-corrected chi connectivity index (χ4v) is 4.07. The number of carbonyl (C=O) groups is 1. The second-order valence-electron chi connectivity index (χ2n) is 7.10. The maximum Gasteiger partial charge on any atom is 0.410 e. The third kappa shape index (κ3) is 4.44. The van der Waals surface area contributed by atoms with Crippen LogP contribution in [0.2, 0.25) is 5.02 Å². The van der Waals surface area contributed by atoms with Crippen LogP contribution in [0.1, 0.15) is 34.6 Å². The van der Waals surface area contributed by atoms with Gasteiger partial charge < -0.3 is 10.6 Å². The van der Waals surface area contributed by atoms with Crippen molar-refractivity contribution in [3.8, 4) is 0 Å². The van der Waals surface area contributed by atoms with Crippen molar-refractivity contribution in [1.29, 1.82) is 0 Å². The van der Waals surface area contributed by atoms with E-state index in [9.17, 15) is 26.7 Å². The van der Waals surface area contributed by atoms with E-state index < -0.39 is 35.8 Å². The molecule has 1 aliphatic heterocycles. The minimum atomic E-state index is -4.63. The molecule has 2 N–H and O–H groups in total. The number of hydrogen-bond donors (Lipinski definition) is 2. The number of alkyl halides is 3. The summed E-state index contributed by atoms with van der Waals surface area (Å²) < 4.78 is 69.2. The summed E-state index contributed by atoms with van der Waals surface area (Å²) in [6.45, 7) is 0. The maximum atomic E-state index is 14.0. The van der Waals surface area contributed by atoms with Crippen LogP contribution in [0.4, 0.5) is 33.5 Å². The molecule has 5 nitrogen and oxygen atoms in total. The summed E-state index contributed by atoms with van der Waals surface area (Å²) in [4.78, 5) is 12.6. The highest BCUT2D eigenvalue weighted by Crippen LogP contribution is 2.43. The van der Waals surface area contributed by atoms with Crippen molar-refractivity contribution in [2.45, 2.75) is 24.7 Å². The molecule has 2 aromatic carbocycles. The summed E-state index contributed by atoms with van der Waals surface area (Å²) in [7, 11) is 0. The van der Waals surface area contributed by atoms with Crippen molar-refractivity contribution in [1.82, 2.24) is 9.78 Å². The Bertz CT molecular complexity index is 1160. The predicted molar refractivity (Wildman–Crippen MR) is 112 cm³/mol. The van der Waals surface area contributed by atoms with E-state index in [0.717, 1.165) is 12.1 Å². The quantitative estimate of drug-likeness (QED) is 0.377. The van der Waals surface area contributed by atoms with Crippen molar-refractivity contribution in [2.75, 3.05) is 10.6 Å². The second kappa shape index (κ2) is 8.36. The SMILES string of the molecule is O=C(Nc1c(F)cc(F)cc1Br)c1cc2n(n1)C(C(F)(F)F)CC(c1ccc(Cl)cc1)N2. The van der Waals surface area contributed by atoms with Crippen LogP contribution in [0.5, 0.6) is 0 Å². The van der Waals surface area contributed by atoms with Gasteiger partial charge in [0.1, 0.15) is 11.6 Å². The lowest BCUT2D eigenvalue weighted by Crippen LogP contribution is -2.35. The summed E-state index contributed by atoms with van der Waals surface area (Å²) in [5, 5.41) is 9.40. The molecule has 0 radical (unpaired) electrons. The summed E-state index contributed by atoms with van der Waals surface area (Å²) in [5.74, 6) is -2.90. The minimum Gasteiger partial charge on any atom is -0.363 e. The monoisotopic (exact) mass is 534 g/mol. The topological polar surface area (TPSA) is 59.0 Å². The number of carbonyl (C=O) groups excluding carboxylic acids is 1. The van der Waals surface area contributed by atoms with Crippen molar-refractivity contribution in [3.63, 3.8) is 0 Å². The van der Waals surface area contributed by atoms with Gasteiger partial charge in [-0.1, -0.05) is 23.7 Å². The van der Waals surface area contributed by atoms with E-state index in [1.165, 1.54) is 0 Å². The summed E-state index contributed by atoms with van der Waals surface area (Å²) in [5.41, 5.74) is -0.143. The number of nitrogens with zero attached hydrogens (tertiary/aromatic N) is 2. The Morgan fingerprint density at radius 3 is 2.50 bits per heavy atom. The number of amides is 1. The fraction of sp³-hybridized carbons (Fsp3) is 0.200. The first-order valence-corrected chi connectivity index (χ1v) is 10.3. The molecule has 12 heteroatoms. The van der Waals surface area contributed by atoms with Gasteiger partial charge in [-0.15, -0.1) is 0 Å². The third-order valence-electron chi connectivity index (χ3n) is 4.94. The first-order chi connectivity index (χ1) is 15.0. The van der Waals surface area contributed by atoms with Crippen molar-refractivity contribution in [2.24, 2.45) is 0 Å². The second-order valence-corrected chi connectivity index (χ2v) is 8.39. The number of hydrogen-bond acceptors (Lipinski definition) is 3. The lowest BCUT2D eigenvalue weighted by atomic mass is 9.97. The highest BCUT2D eigenvalue weighted by Gasteiger charge is 2.46. The molecule has 1 aliphatic rings. The molecule has 1 amide bonds. The normalized spacial score (nSPS) is 18.1. The molecule has 0 saturated heterocycles. The van der Waals surface area contributed by atoms with E-state index in [0.29, 0.717) is 21.3 Å². The molecular formula is C20H13BrClF5N4O. The molecule has 2 atom stereocenters. The zero-order valence-corrected chi connectivity index (χ0v) is 18.2. The van der Waals surface area contributed by atoms with Crippen LogP contribution in [-0.4, -0.2) is 21.9 Å². The van der Waals surface area contributed by atoms with Crippen LogP contribution >= 0.6 is 27.5 Å². The Kier molecular flexibility index (Phi) is 5.89. The molecule has 0 spiro atoms. The number of halogens is 7. The van der Waals surface area contributed by atoms with Gasteiger partial charge in [0.2, 0.25) is 0 Å². The highest BCUT2D eigenvalue weighted by molar-refractivity contribution is 9.10. The summed E-state index contributed by atoms with van der Waals surface area (Å²) in [6, 6.07) is 6.32. The van der Waals surface area contributed by atoms with Gasteiger partial charge in [0.15, 0.2) is 17.6 Å². The van der Waals surface area contributed by atoms with Crippen LogP contribution in [0, 0.1) is 11.6 Å². The van der Waals surface area contributed by atoms with Gasteiger partial charge in [0.25, 0.3) is 5.91 Å². The van der Waals surface area contributed by atoms with Crippen LogP contribution in [-0.2, 0) is 0 Å². The standard InChI is InChI=1S/C20H13BrClF5N4O/c21-12-5-11(23)6-13(24)18(12)29-19(32)15-8-17-28-14(9-1-3-10(22)4-2-9)7-16(20(25,26)27)31(17)30-15/h1-6,8,14,16,28H,7H2,(H,29,32). The minimum absolute atomic E-state index is 0.0256. The smallest absolute Gasteiger partial charge is 0.363 e. The van der Waals surface area contributed by atoms with E-state index in [-0.39, 0.29) is 28.1 Å². The van der Waals surface area contributed by atoms with E-state index in [1.807, 2.05) is 0 Å². The molecule has 4 rings (SSSR count). The number of fused-ring (bicyclic) bond motifs is 1. The van der Waals surface area contributed by atoms with Crippen LogP contribution in [0.15, 0.2) is 46.9 Å². The Balaban J connectivity index is 1.66. The van der Waals surface area contributed by atoms with E-state index >= 15 is 0 Å². The van der Waals surface area contributed by atoms with Crippen LogP contribution in [0.25, 0.3) is 0 Å². The van der Waals surface area contributed by atoms with Crippen molar-refractivity contribution < 1.29 is 26.7 Å². The van der Waals surface area contributed by atoms with Gasteiger partial charge in [-0.2, -0.15) is 18.3 Å². The van der Waals surface area contributed by atoms with Gasteiger partial charge in [-0.05, 0) is 39.7 Å². The zero-order valence-electron chi connectivity index (χ0n) is 15.9. The predicted octanol–water partition coefficient (Wildman–Crippen LogP) is 6.49. The Morgan fingerprint density at radius 2 is 1.88 bits per heavy atom. The summed E-state index contributed by atoms with van der Waals surface area (Å²) >= 11 is 8.80. The molecule has 0 aliphatic carbocycles. The maximum absolute atomic E-state index is 14.0. The fourth-order valence-electron chi connectivity index (χ4n) is 3.44. The lowest BCUT2D eigenvalue weighted by Gasteiger charge is -2.33. The van der Waals surface area contributed by atoms with Crippen LogP contribution < -0.4 is 10.6 Å². The number of aromatic nitrogens is 2.